The third-order valence-electron chi connectivity index (χ3n) is 4.82. The van der Waals surface area contributed by atoms with Crippen LogP contribution in [0.2, 0.25) is 0 Å². The van der Waals surface area contributed by atoms with Gasteiger partial charge >= 0.3 is 0 Å². The molecule has 1 nitrogen and oxygen atoms in total. The summed E-state index contributed by atoms with van der Waals surface area (Å²) in [5, 5.41) is 0. The highest BCUT2D eigenvalue weighted by atomic mass is 16.3. The molecule has 0 unspecified atom stereocenters. The molecule has 0 spiro atoms. The lowest BCUT2D eigenvalue weighted by Gasteiger charge is -2.21. The minimum absolute atomic E-state index is 0.486. The van der Waals surface area contributed by atoms with E-state index < -0.39 is 0 Å². The highest BCUT2D eigenvalue weighted by molar-refractivity contribution is 5.69. The van der Waals surface area contributed by atoms with Gasteiger partial charge in [-0.15, -0.1) is 0 Å². The van der Waals surface area contributed by atoms with Crippen LogP contribution < -0.4 is 0 Å². The summed E-state index contributed by atoms with van der Waals surface area (Å²) in [5.74, 6) is 3.68. The van der Waals surface area contributed by atoms with Crippen molar-refractivity contribution in [3.8, 4) is 11.3 Å². The molecule has 0 fully saturated rings. The fourth-order valence-corrected chi connectivity index (χ4v) is 3.24. The monoisotopic (exact) mass is 326 g/mol. The SMILES string of the molecule is CCCCc1ccc(-c2c(C(C)C)cc(C(C)C)cc2C(C)C)o1. The van der Waals surface area contributed by atoms with Gasteiger partial charge < -0.3 is 4.42 Å². The molecular formula is C23H34O. The summed E-state index contributed by atoms with van der Waals surface area (Å²) in [6.45, 7) is 15.9. The number of unbranched alkanes of at least 4 members (excludes halogenated alkanes) is 1. The van der Waals surface area contributed by atoms with Crippen LogP contribution in [0.5, 0.6) is 0 Å². The van der Waals surface area contributed by atoms with E-state index in [2.05, 4.69) is 72.7 Å². The van der Waals surface area contributed by atoms with Gasteiger partial charge in [-0.2, -0.15) is 0 Å². The molecule has 0 aliphatic heterocycles. The maximum atomic E-state index is 6.25. The number of aryl methyl sites for hydroxylation is 1. The van der Waals surface area contributed by atoms with E-state index in [4.69, 9.17) is 4.42 Å². The third-order valence-corrected chi connectivity index (χ3v) is 4.82. The maximum Gasteiger partial charge on any atom is 0.134 e. The Morgan fingerprint density at radius 1 is 0.833 bits per heavy atom. The molecule has 2 aromatic rings. The largest absolute Gasteiger partial charge is 0.461 e. The molecule has 1 aromatic carbocycles. The highest BCUT2D eigenvalue weighted by Crippen LogP contribution is 2.39. The molecule has 132 valence electrons. The van der Waals surface area contributed by atoms with Crippen LogP contribution in [0.25, 0.3) is 11.3 Å². The minimum Gasteiger partial charge on any atom is -0.461 e. The predicted octanol–water partition coefficient (Wildman–Crippen LogP) is 7.66. The molecule has 0 saturated heterocycles. The molecule has 0 bridgehead atoms. The lowest BCUT2D eigenvalue weighted by atomic mass is 9.83. The quantitative estimate of drug-likeness (QED) is 0.509. The second kappa shape index (κ2) is 8.05. The van der Waals surface area contributed by atoms with Crippen LogP contribution in [0.4, 0.5) is 0 Å². The van der Waals surface area contributed by atoms with Gasteiger partial charge in [0.05, 0.1) is 0 Å². The van der Waals surface area contributed by atoms with Crippen molar-refractivity contribution in [2.75, 3.05) is 0 Å². The lowest BCUT2D eigenvalue weighted by Crippen LogP contribution is -2.03. The van der Waals surface area contributed by atoms with E-state index in [0.29, 0.717) is 17.8 Å². The van der Waals surface area contributed by atoms with Gasteiger partial charge in [0.1, 0.15) is 11.5 Å². The van der Waals surface area contributed by atoms with Crippen molar-refractivity contribution in [1.29, 1.82) is 0 Å². The van der Waals surface area contributed by atoms with Gasteiger partial charge in [0.15, 0.2) is 0 Å². The number of hydrogen-bond acceptors (Lipinski definition) is 1. The van der Waals surface area contributed by atoms with E-state index in [1.165, 1.54) is 35.1 Å². The van der Waals surface area contributed by atoms with E-state index in [0.717, 1.165) is 17.9 Å². The zero-order valence-corrected chi connectivity index (χ0v) is 16.6. The number of furan rings is 1. The average molecular weight is 327 g/mol. The summed E-state index contributed by atoms with van der Waals surface area (Å²) >= 11 is 0. The Morgan fingerprint density at radius 2 is 1.42 bits per heavy atom. The summed E-state index contributed by atoms with van der Waals surface area (Å²) in [4.78, 5) is 0. The van der Waals surface area contributed by atoms with Gasteiger partial charge in [-0.25, -0.2) is 0 Å². The molecule has 0 amide bonds. The van der Waals surface area contributed by atoms with Crippen molar-refractivity contribution in [3.63, 3.8) is 0 Å². The van der Waals surface area contributed by atoms with E-state index in [1.807, 2.05) is 0 Å². The van der Waals surface area contributed by atoms with Crippen LogP contribution >= 0.6 is 0 Å². The molecule has 0 saturated carbocycles. The first kappa shape index (κ1) is 18.8. The minimum atomic E-state index is 0.486. The molecule has 0 N–H and O–H groups in total. The van der Waals surface area contributed by atoms with Crippen molar-refractivity contribution in [1.82, 2.24) is 0 Å². The van der Waals surface area contributed by atoms with Crippen molar-refractivity contribution < 1.29 is 4.42 Å². The Balaban J connectivity index is 2.59. The fourth-order valence-electron chi connectivity index (χ4n) is 3.24. The number of benzene rings is 1. The summed E-state index contributed by atoms with van der Waals surface area (Å²) < 4.78 is 6.25. The molecule has 1 heteroatoms. The van der Waals surface area contributed by atoms with Crippen LogP contribution in [0.15, 0.2) is 28.7 Å². The van der Waals surface area contributed by atoms with Gasteiger partial charge in [0.2, 0.25) is 0 Å². The Bertz CT molecular complexity index is 629. The van der Waals surface area contributed by atoms with Crippen molar-refractivity contribution in [2.24, 2.45) is 0 Å². The standard InChI is InChI=1S/C23H34O/c1-8-9-10-19-11-12-22(24-19)23-20(16(4)5)13-18(15(2)3)14-21(23)17(6)7/h11-17H,8-10H2,1-7H3. The first-order chi connectivity index (χ1) is 11.3. The Labute approximate surface area is 148 Å². The van der Waals surface area contributed by atoms with Gasteiger partial charge in [0, 0.05) is 12.0 Å². The van der Waals surface area contributed by atoms with Crippen LogP contribution in [0.3, 0.4) is 0 Å². The van der Waals surface area contributed by atoms with Gasteiger partial charge in [-0.1, -0.05) is 67.0 Å². The molecule has 0 aliphatic carbocycles. The van der Waals surface area contributed by atoms with Gasteiger partial charge in [0.25, 0.3) is 0 Å². The Morgan fingerprint density at radius 3 is 1.88 bits per heavy atom. The Kier molecular flexibility index (Phi) is 6.32. The van der Waals surface area contributed by atoms with E-state index >= 15 is 0 Å². The first-order valence-electron chi connectivity index (χ1n) is 9.61. The number of rotatable bonds is 7. The average Bonchev–Trinajstić information content (AvgIpc) is 2.99. The first-order valence-corrected chi connectivity index (χ1v) is 9.61. The normalized spacial score (nSPS) is 11.9. The summed E-state index contributed by atoms with van der Waals surface area (Å²) in [7, 11) is 0. The predicted molar refractivity (Wildman–Crippen MR) is 105 cm³/mol. The maximum absolute atomic E-state index is 6.25. The molecule has 1 heterocycles. The van der Waals surface area contributed by atoms with Crippen LogP contribution in [-0.2, 0) is 6.42 Å². The molecule has 1 aromatic heterocycles. The second-order valence-electron chi connectivity index (χ2n) is 7.91. The van der Waals surface area contributed by atoms with E-state index in [-0.39, 0.29) is 0 Å². The van der Waals surface area contributed by atoms with E-state index in [1.54, 1.807) is 0 Å². The fraction of sp³-hybridized carbons (Fsp3) is 0.565. The second-order valence-corrected chi connectivity index (χ2v) is 7.91. The zero-order chi connectivity index (χ0) is 17.9. The zero-order valence-electron chi connectivity index (χ0n) is 16.6. The highest BCUT2D eigenvalue weighted by Gasteiger charge is 2.20. The van der Waals surface area contributed by atoms with Crippen molar-refractivity contribution >= 4 is 0 Å². The molecule has 2 rings (SSSR count). The Hall–Kier alpha value is -1.50. The van der Waals surface area contributed by atoms with Gasteiger partial charge in [-0.3, -0.25) is 0 Å². The molecule has 0 radical (unpaired) electrons. The molecular weight excluding hydrogens is 292 g/mol. The molecule has 0 atom stereocenters. The van der Waals surface area contributed by atoms with Crippen LogP contribution in [-0.4, -0.2) is 0 Å². The van der Waals surface area contributed by atoms with Crippen LogP contribution in [0, 0.1) is 0 Å². The molecule has 0 aliphatic rings. The smallest absolute Gasteiger partial charge is 0.134 e. The van der Waals surface area contributed by atoms with Crippen LogP contribution in [0.1, 0.15) is 102 Å². The van der Waals surface area contributed by atoms with Crippen molar-refractivity contribution in [3.05, 3.63) is 46.7 Å². The van der Waals surface area contributed by atoms with Gasteiger partial charge in [-0.05, 0) is 53.0 Å². The summed E-state index contributed by atoms with van der Waals surface area (Å²) in [5.41, 5.74) is 5.60. The number of hydrogen-bond donors (Lipinski definition) is 0. The third kappa shape index (κ3) is 4.12. The summed E-state index contributed by atoms with van der Waals surface area (Å²) in [6, 6.07) is 9.12. The molecule has 24 heavy (non-hydrogen) atoms. The topological polar surface area (TPSA) is 13.1 Å². The summed E-state index contributed by atoms with van der Waals surface area (Å²) in [6.07, 6.45) is 3.43. The van der Waals surface area contributed by atoms with E-state index in [9.17, 15) is 0 Å². The lowest BCUT2D eigenvalue weighted by molar-refractivity contribution is 0.511. The van der Waals surface area contributed by atoms with Crippen molar-refractivity contribution in [2.45, 2.75) is 85.5 Å².